The Kier molecular flexibility index (Phi) is 8.21. The first kappa shape index (κ1) is 20.8. The van der Waals surface area contributed by atoms with Crippen molar-refractivity contribution < 1.29 is 19.4 Å². The highest BCUT2D eigenvalue weighted by atomic mass is 35.5. The highest BCUT2D eigenvalue weighted by Gasteiger charge is 2.07. The van der Waals surface area contributed by atoms with Crippen LogP contribution >= 0.6 is 24.0 Å². The molecule has 0 aliphatic carbocycles. The maximum absolute atomic E-state index is 10.8. The monoisotopic (exact) mass is 384 g/mol. The number of ether oxygens (including phenoxy) is 1. The van der Waals surface area contributed by atoms with Crippen molar-refractivity contribution in [3.63, 3.8) is 0 Å². The number of amides is 1. The molecule has 0 aromatic heterocycles. The molecule has 0 fully saturated rings. The van der Waals surface area contributed by atoms with Gasteiger partial charge >= 0.3 is 5.97 Å². The largest absolute Gasteiger partial charge is 0.483 e. The van der Waals surface area contributed by atoms with Crippen LogP contribution in [0.5, 0.6) is 5.75 Å². The molecule has 0 atom stereocenters. The second kappa shape index (κ2) is 9.88. The third-order valence-electron chi connectivity index (χ3n) is 3.24. The normalized spacial score (nSPS) is 9.96. The number of aromatic carboxylic acids is 1. The van der Waals surface area contributed by atoms with Crippen molar-refractivity contribution >= 4 is 35.9 Å². The molecular formula is C17H18Cl2N2O4. The van der Waals surface area contributed by atoms with E-state index in [2.05, 4.69) is 5.32 Å². The van der Waals surface area contributed by atoms with E-state index in [0.29, 0.717) is 23.9 Å². The molecule has 0 radical (unpaired) electrons. The van der Waals surface area contributed by atoms with Gasteiger partial charge in [-0.1, -0.05) is 23.7 Å². The van der Waals surface area contributed by atoms with Gasteiger partial charge in [0.2, 0.25) is 0 Å². The van der Waals surface area contributed by atoms with Crippen molar-refractivity contribution in [3.05, 3.63) is 64.2 Å². The topological polar surface area (TPSA) is 102 Å². The lowest BCUT2D eigenvalue weighted by Crippen LogP contribution is -2.21. The highest BCUT2D eigenvalue weighted by molar-refractivity contribution is 6.30. The summed E-state index contributed by atoms with van der Waals surface area (Å²) in [6.45, 7) is 0.808. The van der Waals surface area contributed by atoms with Crippen LogP contribution in [-0.2, 0) is 17.9 Å². The fourth-order valence-corrected chi connectivity index (χ4v) is 2.28. The van der Waals surface area contributed by atoms with E-state index in [4.69, 9.17) is 27.2 Å². The molecule has 0 aliphatic rings. The summed E-state index contributed by atoms with van der Waals surface area (Å²) >= 11 is 5.99. The van der Waals surface area contributed by atoms with Gasteiger partial charge in [-0.15, -0.1) is 12.4 Å². The summed E-state index contributed by atoms with van der Waals surface area (Å²) in [6.07, 6.45) is 0. The highest BCUT2D eigenvalue weighted by Crippen LogP contribution is 2.23. The van der Waals surface area contributed by atoms with Gasteiger partial charge in [0.25, 0.3) is 5.91 Å². The molecule has 0 bridgehead atoms. The minimum atomic E-state index is -0.954. The summed E-state index contributed by atoms with van der Waals surface area (Å²) in [5, 5.41) is 12.7. The number of carbonyl (C=O) groups is 2. The van der Waals surface area contributed by atoms with Crippen LogP contribution in [0, 0.1) is 0 Å². The standard InChI is InChI=1S/C17H17ClN2O4.ClH/c18-14-5-6-15(24-10-16(19)21)13(7-14)9-20-8-11-1-3-12(4-2-11)17(22)23;/h1-7,20H,8-10H2,(H2,19,21)(H,22,23);1H. The molecule has 0 unspecified atom stereocenters. The molecule has 25 heavy (non-hydrogen) atoms. The number of nitrogens with two attached hydrogens (primary N) is 1. The first-order chi connectivity index (χ1) is 11.5. The van der Waals surface area contributed by atoms with Crippen molar-refractivity contribution in [1.29, 1.82) is 0 Å². The lowest BCUT2D eigenvalue weighted by Gasteiger charge is -2.12. The zero-order chi connectivity index (χ0) is 17.5. The maximum Gasteiger partial charge on any atom is 0.335 e. The summed E-state index contributed by atoms with van der Waals surface area (Å²) < 4.78 is 5.36. The number of hydrogen-bond acceptors (Lipinski definition) is 4. The Morgan fingerprint density at radius 2 is 1.80 bits per heavy atom. The lowest BCUT2D eigenvalue weighted by atomic mass is 10.1. The van der Waals surface area contributed by atoms with Gasteiger partial charge in [0.1, 0.15) is 5.75 Å². The van der Waals surface area contributed by atoms with Gasteiger partial charge < -0.3 is 20.9 Å². The summed E-state index contributed by atoms with van der Waals surface area (Å²) in [5.41, 5.74) is 7.07. The number of carboxylic acids is 1. The Morgan fingerprint density at radius 3 is 2.40 bits per heavy atom. The molecule has 2 aromatic rings. The predicted molar refractivity (Wildman–Crippen MR) is 97.3 cm³/mol. The van der Waals surface area contributed by atoms with Gasteiger partial charge in [-0.05, 0) is 35.9 Å². The molecule has 2 aromatic carbocycles. The minimum absolute atomic E-state index is 0. The summed E-state index contributed by atoms with van der Waals surface area (Å²) in [7, 11) is 0. The molecule has 0 spiro atoms. The van der Waals surface area contributed by atoms with Gasteiger partial charge in [-0.25, -0.2) is 4.79 Å². The number of carboxylic acid groups (broad SMARTS) is 1. The zero-order valence-corrected chi connectivity index (χ0v) is 14.8. The molecule has 0 saturated carbocycles. The van der Waals surface area contributed by atoms with E-state index in [1.165, 1.54) is 0 Å². The molecule has 0 saturated heterocycles. The van der Waals surface area contributed by atoms with Crippen LogP contribution in [0.3, 0.4) is 0 Å². The Balaban J connectivity index is 0.00000312. The average Bonchev–Trinajstić information content (AvgIpc) is 2.54. The molecule has 4 N–H and O–H groups in total. The van der Waals surface area contributed by atoms with E-state index in [1.54, 1.807) is 42.5 Å². The van der Waals surface area contributed by atoms with Gasteiger partial charge in [-0.3, -0.25) is 4.79 Å². The second-order valence-electron chi connectivity index (χ2n) is 5.11. The molecular weight excluding hydrogens is 367 g/mol. The number of halogens is 2. The number of benzene rings is 2. The third-order valence-corrected chi connectivity index (χ3v) is 3.47. The van der Waals surface area contributed by atoms with E-state index >= 15 is 0 Å². The van der Waals surface area contributed by atoms with E-state index < -0.39 is 11.9 Å². The summed E-state index contributed by atoms with van der Waals surface area (Å²) in [6, 6.07) is 11.7. The fraction of sp³-hybridized carbons (Fsp3) is 0.176. The average molecular weight is 385 g/mol. The Hall–Kier alpha value is -2.28. The molecule has 1 amide bonds. The molecule has 8 heteroatoms. The lowest BCUT2D eigenvalue weighted by molar-refractivity contribution is -0.119. The summed E-state index contributed by atoms with van der Waals surface area (Å²) in [5.74, 6) is -0.973. The molecule has 0 heterocycles. The fourth-order valence-electron chi connectivity index (χ4n) is 2.08. The van der Waals surface area contributed by atoms with Gasteiger partial charge in [-0.2, -0.15) is 0 Å². The molecule has 134 valence electrons. The predicted octanol–water partition coefficient (Wildman–Crippen LogP) is 2.61. The molecule has 2 rings (SSSR count). The Labute approximate surface area is 156 Å². The number of rotatable bonds is 8. The summed E-state index contributed by atoms with van der Waals surface area (Å²) in [4.78, 5) is 21.7. The first-order valence-corrected chi connectivity index (χ1v) is 7.56. The van der Waals surface area contributed by atoms with Gasteiger partial charge in [0, 0.05) is 23.7 Å². The van der Waals surface area contributed by atoms with Crippen molar-refractivity contribution in [1.82, 2.24) is 5.32 Å². The molecule has 6 nitrogen and oxygen atoms in total. The van der Waals surface area contributed by atoms with E-state index in [1.807, 2.05) is 0 Å². The number of carbonyl (C=O) groups excluding carboxylic acids is 1. The zero-order valence-electron chi connectivity index (χ0n) is 13.2. The van der Waals surface area contributed by atoms with Crippen molar-refractivity contribution in [3.8, 4) is 5.75 Å². The third kappa shape index (κ3) is 6.62. The van der Waals surface area contributed by atoms with Crippen molar-refractivity contribution in [2.75, 3.05) is 6.61 Å². The van der Waals surface area contributed by atoms with Crippen LogP contribution in [-0.4, -0.2) is 23.6 Å². The van der Waals surface area contributed by atoms with Crippen LogP contribution < -0.4 is 15.8 Å². The van der Waals surface area contributed by atoms with Crippen LogP contribution in [0.4, 0.5) is 0 Å². The van der Waals surface area contributed by atoms with Crippen molar-refractivity contribution in [2.45, 2.75) is 13.1 Å². The Morgan fingerprint density at radius 1 is 1.12 bits per heavy atom. The number of nitrogens with one attached hydrogen (secondary N) is 1. The van der Waals surface area contributed by atoms with Crippen LogP contribution in [0.15, 0.2) is 42.5 Å². The van der Waals surface area contributed by atoms with Gasteiger partial charge in [0.15, 0.2) is 6.61 Å². The van der Waals surface area contributed by atoms with Crippen LogP contribution in [0.2, 0.25) is 5.02 Å². The smallest absolute Gasteiger partial charge is 0.335 e. The second-order valence-corrected chi connectivity index (χ2v) is 5.55. The van der Waals surface area contributed by atoms with E-state index in [9.17, 15) is 9.59 Å². The Bertz CT molecular complexity index is 736. The van der Waals surface area contributed by atoms with Crippen LogP contribution in [0.1, 0.15) is 21.5 Å². The number of hydrogen-bond donors (Lipinski definition) is 3. The van der Waals surface area contributed by atoms with Crippen LogP contribution in [0.25, 0.3) is 0 Å². The van der Waals surface area contributed by atoms with E-state index in [0.717, 1.165) is 11.1 Å². The van der Waals surface area contributed by atoms with Crippen molar-refractivity contribution in [2.24, 2.45) is 5.73 Å². The number of primary amides is 1. The quantitative estimate of drug-likeness (QED) is 0.649. The maximum atomic E-state index is 10.8. The minimum Gasteiger partial charge on any atom is -0.483 e. The first-order valence-electron chi connectivity index (χ1n) is 7.18. The SMILES string of the molecule is Cl.NC(=O)COc1ccc(Cl)cc1CNCc1ccc(C(=O)O)cc1. The molecule has 0 aliphatic heterocycles. The van der Waals surface area contributed by atoms with E-state index in [-0.39, 0.29) is 24.6 Å². The van der Waals surface area contributed by atoms with Gasteiger partial charge in [0.05, 0.1) is 5.56 Å².